The summed E-state index contributed by atoms with van der Waals surface area (Å²) in [4.78, 5) is 0. The summed E-state index contributed by atoms with van der Waals surface area (Å²) in [5, 5.41) is 14.1. The molecule has 0 aliphatic carbocycles. The number of anilines is 1. The molecule has 5 heteroatoms. The van der Waals surface area contributed by atoms with Crippen molar-refractivity contribution in [2.24, 2.45) is 0 Å². The molecule has 0 heterocycles. The van der Waals surface area contributed by atoms with E-state index in [1.807, 2.05) is 20.8 Å². The molecule has 0 bridgehead atoms. The number of hydrogen-bond donors (Lipinski definition) is 3. The first-order valence-corrected chi connectivity index (χ1v) is 6.14. The van der Waals surface area contributed by atoms with Crippen LogP contribution in [0.4, 0.5) is 5.69 Å². The van der Waals surface area contributed by atoms with E-state index < -0.39 is 6.10 Å². The summed E-state index contributed by atoms with van der Waals surface area (Å²) < 4.78 is 0. The zero-order chi connectivity index (χ0) is 13.2. The van der Waals surface area contributed by atoms with Crippen molar-refractivity contribution in [1.29, 1.82) is 0 Å². The number of β-amino-alcohol motifs (C(OH)–C–C–N with tert-alkyl or cyclic N) is 1. The SMILES string of the molecule is CC(C)(C)NCC(O)c1cc(Cl)cc(Cl)c1N. The number of nitrogens with one attached hydrogen (secondary N) is 1. The van der Waals surface area contributed by atoms with E-state index in [4.69, 9.17) is 28.9 Å². The molecule has 0 aromatic heterocycles. The largest absolute Gasteiger partial charge is 0.397 e. The molecule has 0 aliphatic rings. The molecule has 3 nitrogen and oxygen atoms in total. The first-order valence-electron chi connectivity index (χ1n) is 5.38. The predicted molar refractivity (Wildman–Crippen MR) is 73.6 cm³/mol. The maximum Gasteiger partial charge on any atom is 0.0935 e. The van der Waals surface area contributed by atoms with Gasteiger partial charge in [-0.1, -0.05) is 23.2 Å². The molecule has 0 saturated carbocycles. The van der Waals surface area contributed by atoms with Gasteiger partial charge in [0.2, 0.25) is 0 Å². The van der Waals surface area contributed by atoms with Crippen molar-refractivity contribution < 1.29 is 5.11 Å². The van der Waals surface area contributed by atoms with Crippen molar-refractivity contribution in [3.05, 3.63) is 27.7 Å². The summed E-state index contributed by atoms with van der Waals surface area (Å²) in [7, 11) is 0. The Hall–Kier alpha value is -0.480. The zero-order valence-electron chi connectivity index (χ0n) is 10.2. The van der Waals surface area contributed by atoms with Crippen molar-refractivity contribution in [2.45, 2.75) is 32.4 Å². The topological polar surface area (TPSA) is 58.3 Å². The molecule has 0 radical (unpaired) electrons. The van der Waals surface area contributed by atoms with E-state index in [1.165, 1.54) is 0 Å². The summed E-state index contributed by atoms with van der Waals surface area (Å²) in [6, 6.07) is 3.20. The van der Waals surface area contributed by atoms with E-state index in [0.717, 1.165) is 0 Å². The van der Waals surface area contributed by atoms with Crippen molar-refractivity contribution >= 4 is 28.9 Å². The van der Waals surface area contributed by atoms with Crippen LogP contribution in [0.3, 0.4) is 0 Å². The molecule has 1 atom stereocenters. The van der Waals surface area contributed by atoms with Crippen LogP contribution < -0.4 is 11.1 Å². The predicted octanol–water partition coefficient (Wildman–Crippen LogP) is 3.00. The Morgan fingerprint density at radius 2 is 1.94 bits per heavy atom. The van der Waals surface area contributed by atoms with Crippen LogP contribution in [0.5, 0.6) is 0 Å². The molecular weight excluding hydrogens is 259 g/mol. The minimum Gasteiger partial charge on any atom is -0.397 e. The summed E-state index contributed by atoms with van der Waals surface area (Å²) in [5.41, 5.74) is 6.67. The van der Waals surface area contributed by atoms with Gasteiger partial charge < -0.3 is 16.2 Å². The Labute approximate surface area is 112 Å². The fraction of sp³-hybridized carbons (Fsp3) is 0.500. The summed E-state index contributed by atoms with van der Waals surface area (Å²) in [5.74, 6) is 0. The summed E-state index contributed by atoms with van der Waals surface area (Å²) >= 11 is 11.8. The lowest BCUT2D eigenvalue weighted by atomic mass is 10.0. The molecule has 0 aliphatic heterocycles. The number of nitrogens with two attached hydrogens (primary N) is 1. The number of nitrogen functional groups attached to an aromatic ring is 1. The molecule has 1 aromatic carbocycles. The van der Waals surface area contributed by atoms with Crippen molar-refractivity contribution in [2.75, 3.05) is 12.3 Å². The van der Waals surface area contributed by atoms with E-state index in [2.05, 4.69) is 5.32 Å². The van der Waals surface area contributed by atoms with E-state index in [9.17, 15) is 5.11 Å². The molecule has 0 saturated heterocycles. The van der Waals surface area contributed by atoms with Crippen LogP contribution in [-0.4, -0.2) is 17.2 Å². The maximum absolute atomic E-state index is 10.1. The lowest BCUT2D eigenvalue weighted by Crippen LogP contribution is -2.38. The number of aliphatic hydroxyl groups excluding tert-OH is 1. The van der Waals surface area contributed by atoms with Gasteiger partial charge in [-0.2, -0.15) is 0 Å². The van der Waals surface area contributed by atoms with Gasteiger partial charge in [0, 0.05) is 22.7 Å². The monoisotopic (exact) mass is 276 g/mol. The molecular formula is C12H18Cl2N2O. The number of halogens is 2. The minimum absolute atomic E-state index is 0.0713. The fourth-order valence-electron chi connectivity index (χ4n) is 1.39. The Balaban J connectivity index is 2.85. The quantitative estimate of drug-likeness (QED) is 0.744. The van der Waals surface area contributed by atoms with Crippen LogP contribution in [0, 0.1) is 0 Å². The lowest BCUT2D eigenvalue weighted by Gasteiger charge is -2.23. The second-order valence-electron chi connectivity index (χ2n) is 5.04. The van der Waals surface area contributed by atoms with Gasteiger partial charge in [-0.3, -0.25) is 0 Å². The van der Waals surface area contributed by atoms with Crippen LogP contribution in [0.2, 0.25) is 10.0 Å². The number of benzene rings is 1. The third-order valence-corrected chi connectivity index (χ3v) is 2.84. The molecule has 17 heavy (non-hydrogen) atoms. The molecule has 4 N–H and O–H groups in total. The highest BCUT2D eigenvalue weighted by Crippen LogP contribution is 2.31. The zero-order valence-corrected chi connectivity index (χ0v) is 11.7. The molecule has 0 spiro atoms. The number of hydrogen-bond acceptors (Lipinski definition) is 3. The Morgan fingerprint density at radius 1 is 1.35 bits per heavy atom. The Morgan fingerprint density at radius 3 is 2.47 bits per heavy atom. The first-order chi connectivity index (χ1) is 7.70. The number of rotatable bonds is 3. The molecule has 1 rings (SSSR count). The van der Waals surface area contributed by atoms with Crippen molar-refractivity contribution in [1.82, 2.24) is 5.32 Å². The molecule has 0 fully saturated rings. The Bertz CT molecular complexity index is 402. The minimum atomic E-state index is -0.731. The van der Waals surface area contributed by atoms with Gasteiger partial charge in [-0.15, -0.1) is 0 Å². The average molecular weight is 277 g/mol. The normalized spacial score (nSPS) is 13.8. The molecule has 1 unspecified atom stereocenters. The third kappa shape index (κ3) is 4.36. The lowest BCUT2D eigenvalue weighted by molar-refractivity contribution is 0.164. The molecule has 0 amide bonds. The number of aliphatic hydroxyl groups is 1. The van der Waals surface area contributed by atoms with Gasteiger partial charge in [0.1, 0.15) is 0 Å². The van der Waals surface area contributed by atoms with Crippen LogP contribution >= 0.6 is 23.2 Å². The van der Waals surface area contributed by atoms with E-state index in [-0.39, 0.29) is 5.54 Å². The highest BCUT2D eigenvalue weighted by Gasteiger charge is 2.17. The van der Waals surface area contributed by atoms with Crippen LogP contribution in [0.15, 0.2) is 12.1 Å². The first kappa shape index (κ1) is 14.6. The average Bonchev–Trinajstić information content (AvgIpc) is 2.19. The van der Waals surface area contributed by atoms with Gasteiger partial charge in [0.05, 0.1) is 16.8 Å². The molecule has 1 aromatic rings. The highest BCUT2D eigenvalue weighted by atomic mass is 35.5. The van der Waals surface area contributed by atoms with Crippen LogP contribution in [0.25, 0.3) is 0 Å². The summed E-state index contributed by atoms with van der Waals surface area (Å²) in [6.07, 6.45) is -0.731. The van der Waals surface area contributed by atoms with Gasteiger partial charge in [-0.25, -0.2) is 0 Å². The third-order valence-electron chi connectivity index (χ3n) is 2.31. The van der Waals surface area contributed by atoms with E-state index in [0.29, 0.717) is 27.8 Å². The van der Waals surface area contributed by atoms with E-state index in [1.54, 1.807) is 12.1 Å². The summed E-state index contributed by atoms with van der Waals surface area (Å²) in [6.45, 7) is 6.46. The van der Waals surface area contributed by atoms with Gasteiger partial charge >= 0.3 is 0 Å². The van der Waals surface area contributed by atoms with E-state index >= 15 is 0 Å². The van der Waals surface area contributed by atoms with Crippen LogP contribution in [0.1, 0.15) is 32.4 Å². The van der Waals surface area contributed by atoms with Crippen molar-refractivity contribution in [3.8, 4) is 0 Å². The standard InChI is InChI=1S/C12H18Cl2N2O/c1-12(2,3)16-6-10(17)8-4-7(13)5-9(14)11(8)15/h4-5,10,16-17H,6,15H2,1-3H3. The second-order valence-corrected chi connectivity index (χ2v) is 5.88. The molecule has 96 valence electrons. The Kier molecular flexibility index (Phi) is 4.67. The maximum atomic E-state index is 10.1. The van der Waals surface area contributed by atoms with Gasteiger partial charge in [0.15, 0.2) is 0 Å². The van der Waals surface area contributed by atoms with Crippen molar-refractivity contribution in [3.63, 3.8) is 0 Å². The highest BCUT2D eigenvalue weighted by molar-refractivity contribution is 6.36. The van der Waals surface area contributed by atoms with Gasteiger partial charge in [0.25, 0.3) is 0 Å². The van der Waals surface area contributed by atoms with Gasteiger partial charge in [-0.05, 0) is 32.9 Å². The fourth-order valence-corrected chi connectivity index (χ4v) is 1.90. The van der Waals surface area contributed by atoms with Crippen LogP contribution in [-0.2, 0) is 0 Å². The second kappa shape index (κ2) is 5.44. The smallest absolute Gasteiger partial charge is 0.0935 e.